The maximum atomic E-state index is 6.01. The molecule has 2 bridgehead atoms. The monoisotopic (exact) mass is 312 g/mol. The van der Waals surface area contributed by atoms with E-state index in [0.29, 0.717) is 6.04 Å². The molecule has 4 nitrogen and oxygen atoms in total. The number of hydrogen-bond acceptors (Lipinski definition) is 4. The zero-order chi connectivity index (χ0) is 15.6. The number of fused-ring (bicyclic) bond motifs is 3. The Hall–Kier alpha value is -1.49. The van der Waals surface area contributed by atoms with Crippen molar-refractivity contribution < 1.29 is 9.47 Å². The minimum atomic E-state index is 0.211. The summed E-state index contributed by atoms with van der Waals surface area (Å²) in [5.41, 5.74) is 2.20. The molecule has 1 aromatic carbocycles. The van der Waals surface area contributed by atoms with Gasteiger partial charge in [0.2, 0.25) is 0 Å². The second kappa shape index (κ2) is 6.56. The number of aromatic nitrogens is 1. The predicted octanol–water partition coefficient (Wildman–Crippen LogP) is 3.00. The number of ether oxygens (including phenoxy) is 2. The van der Waals surface area contributed by atoms with Crippen LogP contribution in [0.25, 0.3) is 10.9 Å². The highest BCUT2D eigenvalue weighted by molar-refractivity contribution is 5.78. The van der Waals surface area contributed by atoms with Crippen LogP contribution in [-0.2, 0) is 16.0 Å². The first-order valence-electron chi connectivity index (χ1n) is 8.67. The van der Waals surface area contributed by atoms with Gasteiger partial charge >= 0.3 is 0 Å². The van der Waals surface area contributed by atoms with Crippen molar-refractivity contribution in [3.05, 3.63) is 42.1 Å². The Balaban J connectivity index is 1.56. The zero-order valence-electron chi connectivity index (χ0n) is 13.6. The van der Waals surface area contributed by atoms with Gasteiger partial charge in [-0.25, -0.2) is 0 Å². The van der Waals surface area contributed by atoms with Crippen LogP contribution in [0.3, 0.4) is 0 Å². The van der Waals surface area contributed by atoms with Crippen molar-refractivity contribution in [2.45, 2.75) is 44.6 Å². The van der Waals surface area contributed by atoms with Crippen LogP contribution in [0.5, 0.6) is 0 Å². The Morgan fingerprint density at radius 2 is 2.13 bits per heavy atom. The summed E-state index contributed by atoms with van der Waals surface area (Å²) >= 11 is 0. The van der Waals surface area contributed by atoms with Crippen LogP contribution < -0.4 is 0 Å². The lowest BCUT2D eigenvalue weighted by Gasteiger charge is -2.30. The van der Waals surface area contributed by atoms with Gasteiger partial charge in [0.1, 0.15) is 0 Å². The quantitative estimate of drug-likeness (QED) is 0.869. The molecule has 1 aliphatic heterocycles. The van der Waals surface area contributed by atoms with Gasteiger partial charge in [-0.2, -0.15) is 0 Å². The summed E-state index contributed by atoms with van der Waals surface area (Å²) in [5, 5.41) is 1.20. The summed E-state index contributed by atoms with van der Waals surface area (Å²) in [6, 6.07) is 13.1. The van der Waals surface area contributed by atoms with Crippen molar-refractivity contribution in [3.8, 4) is 0 Å². The van der Waals surface area contributed by atoms with Gasteiger partial charge < -0.3 is 9.47 Å². The third kappa shape index (κ3) is 2.99. The van der Waals surface area contributed by atoms with Crippen LogP contribution in [-0.4, -0.2) is 47.9 Å². The second-order valence-electron chi connectivity index (χ2n) is 6.44. The number of pyridine rings is 1. The Labute approximate surface area is 137 Å². The third-order valence-electron chi connectivity index (χ3n) is 5.05. The summed E-state index contributed by atoms with van der Waals surface area (Å²) in [5.74, 6) is 0. The van der Waals surface area contributed by atoms with E-state index in [-0.39, 0.29) is 12.2 Å². The van der Waals surface area contributed by atoms with E-state index in [0.717, 1.165) is 50.4 Å². The van der Waals surface area contributed by atoms with Crippen LogP contribution in [0, 0.1) is 0 Å². The SMILES string of the molecule is CCOC1C2CCC1N(Cc1ccc3ccccc3n1)CCO2. The van der Waals surface area contributed by atoms with Crippen molar-refractivity contribution in [3.63, 3.8) is 0 Å². The van der Waals surface area contributed by atoms with Crippen LogP contribution in [0.4, 0.5) is 0 Å². The van der Waals surface area contributed by atoms with E-state index >= 15 is 0 Å². The lowest BCUT2D eigenvalue weighted by atomic mass is 10.1. The Morgan fingerprint density at radius 1 is 1.22 bits per heavy atom. The van der Waals surface area contributed by atoms with Crippen LogP contribution in [0.15, 0.2) is 36.4 Å². The molecule has 0 N–H and O–H groups in total. The van der Waals surface area contributed by atoms with Crippen LogP contribution in [0.2, 0.25) is 0 Å². The molecule has 0 radical (unpaired) electrons. The van der Waals surface area contributed by atoms with Crippen LogP contribution in [0.1, 0.15) is 25.5 Å². The van der Waals surface area contributed by atoms with Gasteiger partial charge in [-0.15, -0.1) is 0 Å². The third-order valence-corrected chi connectivity index (χ3v) is 5.05. The van der Waals surface area contributed by atoms with Gasteiger partial charge in [0.05, 0.1) is 30.0 Å². The van der Waals surface area contributed by atoms with E-state index in [2.05, 4.69) is 42.2 Å². The van der Waals surface area contributed by atoms with Crippen molar-refractivity contribution in [2.24, 2.45) is 0 Å². The number of hydrogen-bond donors (Lipinski definition) is 0. The fraction of sp³-hybridized carbons (Fsp3) is 0.526. The molecule has 0 amide bonds. The zero-order valence-corrected chi connectivity index (χ0v) is 13.6. The summed E-state index contributed by atoms with van der Waals surface area (Å²) in [4.78, 5) is 7.33. The largest absolute Gasteiger partial charge is 0.374 e. The molecular weight excluding hydrogens is 288 g/mol. The average molecular weight is 312 g/mol. The lowest BCUT2D eigenvalue weighted by Crippen LogP contribution is -2.43. The van der Waals surface area contributed by atoms with E-state index in [1.165, 1.54) is 5.39 Å². The molecule has 1 saturated heterocycles. The maximum absolute atomic E-state index is 6.01. The van der Waals surface area contributed by atoms with Gasteiger partial charge in [-0.1, -0.05) is 24.3 Å². The van der Waals surface area contributed by atoms with Gasteiger partial charge in [-0.05, 0) is 31.9 Å². The molecule has 23 heavy (non-hydrogen) atoms. The molecular formula is C19H24N2O2. The number of para-hydroxylation sites is 1. The normalized spacial score (nSPS) is 28.1. The van der Waals surface area contributed by atoms with E-state index in [4.69, 9.17) is 14.5 Å². The van der Waals surface area contributed by atoms with E-state index < -0.39 is 0 Å². The van der Waals surface area contributed by atoms with E-state index in [1.54, 1.807) is 0 Å². The minimum absolute atomic E-state index is 0.211. The van der Waals surface area contributed by atoms with Gasteiger partial charge in [0, 0.05) is 31.1 Å². The van der Waals surface area contributed by atoms with Gasteiger partial charge in [0.15, 0.2) is 0 Å². The summed E-state index contributed by atoms with van der Waals surface area (Å²) in [6.07, 6.45) is 2.75. The first kappa shape index (κ1) is 15.1. The smallest absolute Gasteiger partial charge is 0.0991 e. The molecule has 3 atom stereocenters. The summed E-state index contributed by atoms with van der Waals surface area (Å²) in [7, 11) is 0. The lowest BCUT2D eigenvalue weighted by molar-refractivity contribution is -0.0498. The summed E-state index contributed by atoms with van der Waals surface area (Å²) in [6.45, 7) is 5.44. The molecule has 4 rings (SSSR count). The molecule has 2 fully saturated rings. The van der Waals surface area contributed by atoms with E-state index in [1.807, 2.05) is 6.07 Å². The van der Waals surface area contributed by atoms with Crippen molar-refractivity contribution in [1.29, 1.82) is 0 Å². The number of nitrogens with zero attached hydrogens (tertiary/aromatic N) is 2. The topological polar surface area (TPSA) is 34.6 Å². The highest BCUT2D eigenvalue weighted by atomic mass is 16.5. The molecule has 2 heterocycles. The predicted molar refractivity (Wildman–Crippen MR) is 90.3 cm³/mol. The molecule has 2 aromatic rings. The molecule has 1 aliphatic carbocycles. The van der Waals surface area contributed by atoms with Crippen molar-refractivity contribution >= 4 is 10.9 Å². The first-order valence-corrected chi connectivity index (χ1v) is 8.67. The van der Waals surface area contributed by atoms with Gasteiger partial charge in [-0.3, -0.25) is 9.88 Å². The van der Waals surface area contributed by atoms with Gasteiger partial charge in [0.25, 0.3) is 0 Å². The molecule has 2 aliphatic rings. The maximum Gasteiger partial charge on any atom is 0.0991 e. The molecule has 122 valence electrons. The molecule has 0 spiro atoms. The molecule has 3 unspecified atom stereocenters. The standard InChI is InChI=1S/C19H24N2O2/c1-2-22-19-17-9-10-18(19)23-12-11-21(17)13-15-8-7-14-5-3-4-6-16(14)20-15/h3-8,17-19H,2,9-13H2,1H3. The van der Waals surface area contributed by atoms with Crippen molar-refractivity contribution in [2.75, 3.05) is 19.8 Å². The number of rotatable bonds is 4. The first-order chi connectivity index (χ1) is 11.3. The summed E-state index contributed by atoms with van der Waals surface area (Å²) < 4.78 is 12.0. The number of benzene rings is 1. The Morgan fingerprint density at radius 3 is 3.04 bits per heavy atom. The van der Waals surface area contributed by atoms with Crippen molar-refractivity contribution in [1.82, 2.24) is 9.88 Å². The highest BCUT2D eigenvalue weighted by Crippen LogP contribution is 2.32. The minimum Gasteiger partial charge on any atom is -0.374 e. The Kier molecular flexibility index (Phi) is 4.29. The average Bonchev–Trinajstić information content (AvgIpc) is 2.88. The molecule has 4 heteroatoms. The fourth-order valence-corrected chi connectivity index (χ4v) is 3.98. The fourth-order valence-electron chi connectivity index (χ4n) is 3.98. The van der Waals surface area contributed by atoms with E-state index in [9.17, 15) is 0 Å². The molecule has 1 saturated carbocycles. The van der Waals surface area contributed by atoms with Crippen LogP contribution >= 0.6 is 0 Å². The Bertz CT molecular complexity index is 675. The molecule has 1 aromatic heterocycles. The second-order valence-corrected chi connectivity index (χ2v) is 6.44. The highest BCUT2D eigenvalue weighted by Gasteiger charge is 2.42.